The Labute approximate surface area is 117 Å². The van der Waals surface area contributed by atoms with Crippen LogP contribution in [0, 0.1) is 0 Å². The van der Waals surface area contributed by atoms with E-state index in [1.807, 2.05) is 19.0 Å². The van der Waals surface area contributed by atoms with Crippen molar-refractivity contribution in [1.29, 1.82) is 0 Å². The average Bonchev–Trinajstić information content (AvgIpc) is 2.38. The number of hydrogen-bond donors (Lipinski definition) is 3. The summed E-state index contributed by atoms with van der Waals surface area (Å²) in [4.78, 5) is 24.7. The van der Waals surface area contributed by atoms with Gasteiger partial charge < -0.3 is 25.4 Å². The van der Waals surface area contributed by atoms with Crippen molar-refractivity contribution in [3.05, 3.63) is 23.8 Å². The lowest BCUT2D eigenvalue weighted by Crippen LogP contribution is -2.34. The van der Waals surface area contributed by atoms with Crippen LogP contribution in [-0.4, -0.2) is 56.3 Å². The molecule has 20 heavy (non-hydrogen) atoms. The normalized spacial score (nSPS) is 10.2. The highest BCUT2D eigenvalue weighted by atomic mass is 16.5. The Morgan fingerprint density at radius 1 is 1.35 bits per heavy atom. The van der Waals surface area contributed by atoms with Crippen LogP contribution in [0.4, 0.5) is 10.5 Å². The molecule has 0 spiro atoms. The highest BCUT2D eigenvalue weighted by Gasteiger charge is 2.13. The molecule has 7 nitrogen and oxygen atoms in total. The van der Waals surface area contributed by atoms with Gasteiger partial charge in [-0.2, -0.15) is 0 Å². The second-order valence-corrected chi connectivity index (χ2v) is 4.40. The van der Waals surface area contributed by atoms with E-state index in [4.69, 9.17) is 9.84 Å². The van der Waals surface area contributed by atoms with Crippen LogP contribution in [0.5, 0.6) is 5.75 Å². The number of likely N-dealkylation sites (N-methyl/N-ethyl adjacent to an activating group) is 1. The molecule has 0 saturated carbocycles. The Morgan fingerprint density at radius 2 is 2.05 bits per heavy atom. The molecule has 3 N–H and O–H groups in total. The molecule has 0 bridgehead atoms. The van der Waals surface area contributed by atoms with Crippen LogP contribution in [-0.2, 0) is 0 Å². The molecule has 0 aromatic heterocycles. The Morgan fingerprint density at radius 3 is 2.60 bits per heavy atom. The largest absolute Gasteiger partial charge is 0.497 e. The predicted molar refractivity (Wildman–Crippen MR) is 75.5 cm³/mol. The van der Waals surface area contributed by atoms with Crippen molar-refractivity contribution < 1.29 is 19.4 Å². The summed E-state index contributed by atoms with van der Waals surface area (Å²) < 4.78 is 4.96. The number of nitrogens with zero attached hydrogens (tertiary/aromatic N) is 1. The number of benzene rings is 1. The molecule has 2 amide bonds. The van der Waals surface area contributed by atoms with Crippen LogP contribution >= 0.6 is 0 Å². The third-order valence-electron chi connectivity index (χ3n) is 2.55. The van der Waals surface area contributed by atoms with E-state index in [2.05, 4.69) is 10.6 Å². The molecule has 0 saturated heterocycles. The molecule has 0 aliphatic rings. The summed E-state index contributed by atoms with van der Waals surface area (Å²) in [5.41, 5.74) is 0.202. The first-order valence-electron chi connectivity index (χ1n) is 6.05. The van der Waals surface area contributed by atoms with Gasteiger partial charge in [-0.25, -0.2) is 9.59 Å². The zero-order valence-corrected chi connectivity index (χ0v) is 11.8. The molecule has 0 aliphatic carbocycles. The summed E-state index contributed by atoms with van der Waals surface area (Å²) in [5, 5.41) is 14.3. The number of rotatable bonds is 6. The summed E-state index contributed by atoms with van der Waals surface area (Å²) in [6.07, 6.45) is 0. The highest BCUT2D eigenvalue weighted by molar-refractivity contribution is 6.00. The topological polar surface area (TPSA) is 90.9 Å². The van der Waals surface area contributed by atoms with Gasteiger partial charge in [0.05, 0.1) is 18.4 Å². The lowest BCUT2D eigenvalue weighted by atomic mass is 10.1. The van der Waals surface area contributed by atoms with Crippen LogP contribution in [0.15, 0.2) is 18.2 Å². The van der Waals surface area contributed by atoms with E-state index < -0.39 is 12.0 Å². The van der Waals surface area contributed by atoms with Crippen LogP contribution in [0.3, 0.4) is 0 Å². The van der Waals surface area contributed by atoms with Crippen molar-refractivity contribution in [1.82, 2.24) is 10.2 Å². The van der Waals surface area contributed by atoms with Gasteiger partial charge in [0.25, 0.3) is 0 Å². The summed E-state index contributed by atoms with van der Waals surface area (Å²) in [6.45, 7) is 1.17. The van der Waals surface area contributed by atoms with Gasteiger partial charge in [0.1, 0.15) is 5.75 Å². The van der Waals surface area contributed by atoms with Gasteiger partial charge in [0.2, 0.25) is 0 Å². The first-order valence-corrected chi connectivity index (χ1v) is 6.05. The van der Waals surface area contributed by atoms with Crippen LogP contribution in [0.2, 0.25) is 0 Å². The van der Waals surface area contributed by atoms with E-state index in [0.717, 1.165) is 0 Å². The lowest BCUT2D eigenvalue weighted by Gasteiger charge is -2.13. The number of methoxy groups -OCH3 is 1. The molecule has 110 valence electrons. The van der Waals surface area contributed by atoms with Crippen molar-refractivity contribution in [2.75, 3.05) is 39.6 Å². The Kier molecular flexibility index (Phi) is 5.79. The number of urea groups is 1. The van der Waals surface area contributed by atoms with Crippen molar-refractivity contribution >= 4 is 17.7 Å². The number of carboxylic acid groups (broad SMARTS) is 1. The average molecular weight is 281 g/mol. The van der Waals surface area contributed by atoms with Gasteiger partial charge >= 0.3 is 12.0 Å². The number of aromatic carboxylic acids is 1. The second-order valence-electron chi connectivity index (χ2n) is 4.40. The Balaban J connectivity index is 2.71. The number of anilines is 1. The maximum atomic E-state index is 11.7. The fourth-order valence-corrected chi connectivity index (χ4v) is 1.50. The number of carbonyl (C=O) groups excluding carboxylic acids is 1. The highest BCUT2D eigenvalue weighted by Crippen LogP contribution is 2.21. The molecule has 0 aliphatic heterocycles. The van der Waals surface area contributed by atoms with Gasteiger partial charge in [0.15, 0.2) is 0 Å². The Hall–Kier alpha value is -2.28. The SMILES string of the molecule is COc1ccc(NC(=O)NCCN(C)C)c(C(=O)O)c1. The molecular weight excluding hydrogens is 262 g/mol. The van der Waals surface area contributed by atoms with Gasteiger partial charge in [-0.05, 0) is 32.3 Å². The van der Waals surface area contributed by atoms with Crippen molar-refractivity contribution in [2.45, 2.75) is 0 Å². The van der Waals surface area contributed by atoms with E-state index in [1.165, 1.54) is 19.2 Å². The number of amides is 2. The van der Waals surface area contributed by atoms with Crippen molar-refractivity contribution in [3.8, 4) is 5.75 Å². The number of carbonyl (C=O) groups is 2. The molecule has 7 heteroatoms. The van der Waals surface area contributed by atoms with Crippen molar-refractivity contribution in [2.24, 2.45) is 0 Å². The van der Waals surface area contributed by atoms with Crippen LogP contribution < -0.4 is 15.4 Å². The standard InChI is InChI=1S/C13H19N3O4/c1-16(2)7-6-14-13(19)15-11-5-4-9(20-3)8-10(11)12(17)18/h4-5,8H,6-7H2,1-3H3,(H,17,18)(H2,14,15,19). The van der Waals surface area contributed by atoms with Crippen LogP contribution in [0.1, 0.15) is 10.4 Å². The fraction of sp³-hybridized carbons (Fsp3) is 0.385. The zero-order chi connectivity index (χ0) is 15.1. The van der Waals surface area contributed by atoms with Gasteiger partial charge in [-0.15, -0.1) is 0 Å². The Bertz CT molecular complexity index is 489. The number of ether oxygens (including phenoxy) is 1. The maximum absolute atomic E-state index is 11.7. The van der Waals surface area contributed by atoms with Gasteiger partial charge in [-0.3, -0.25) is 0 Å². The summed E-state index contributed by atoms with van der Waals surface area (Å²) in [5.74, 6) is -0.714. The molecule has 1 aromatic carbocycles. The maximum Gasteiger partial charge on any atom is 0.337 e. The summed E-state index contributed by atoms with van der Waals surface area (Å²) in [7, 11) is 5.24. The quantitative estimate of drug-likeness (QED) is 0.725. The first-order chi connectivity index (χ1) is 9.43. The fourth-order valence-electron chi connectivity index (χ4n) is 1.50. The molecule has 1 rings (SSSR count). The molecule has 0 radical (unpaired) electrons. The first kappa shape index (κ1) is 15.8. The molecule has 0 atom stereocenters. The lowest BCUT2D eigenvalue weighted by molar-refractivity contribution is 0.0697. The molecule has 0 unspecified atom stereocenters. The molecule has 1 aromatic rings. The third-order valence-corrected chi connectivity index (χ3v) is 2.55. The van der Waals surface area contributed by atoms with Crippen LogP contribution in [0.25, 0.3) is 0 Å². The number of carboxylic acids is 1. The number of nitrogens with one attached hydrogen (secondary N) is 2. The molecule has 0 heterocycles. The predicted octanol–water partition coefficient (Wildman–Crippen LogP) is 1.08. The molecule has 0 fully saturated rings. The molecular formula is C13H19N3O4. The minimum absolute atomic E-state index is 0.0212. The van der Waals surface area contributed by atoms with E-state index >= 15 is 0 Å². The monoisotopic (exact) mass is 281 g/mol. The third kappa shape index (κ3) is 4.77. The van der Waals surface area contributed by atoms with E-state index in [9.17, 15) is 9.59 Å². The zero-order valence-electron chi connectivity index (χ0n) is 11.8. The van der Waals surface area contributed by atoms with Gasteiger partial charge in [-0.1, -0.05) is 0 Å². The van der Waals surface area contributed by atoms with E-state index in [-0.39, 0.29) is 11.3 Å². The minimum atomic E-state index is -1.13. The minimum Gasteiger partial charge on any atom is -0.497 e. The van der Waals surface area contributed by atoms with E-state index in [0.29, 0.717) is 18.8 Å². The van der Waals surface area contributed by atoms with E-state index in [1.54, 1.807) is 6.07 Å². The summed E-state index contributed by atoms with van der Waals surface area (Å²) in [6, 6.07) is 3.99. The summed E-state index contributed by atoms with van der Waals surface area (Å²) >= 11 is 0. The number of hydrogen-bond acceptors (Lipinski definition) is 4. The second kappa shape index (κ2) is 7.34. The van der Waals surface area contributed by atoms with Crippen molar-refractivity contribution in [3.63, 3.8) is 0 Å². The smallest absolute Gasteiger partial charge is 0.337 e. The van der Waals surface area contributed by atoms with Gasteiger partial charge in [0, 0.05) is 13.1 Å².